The number of oxazole rings is 1. The summed E-state index contributed by atoms with van der Waals surface area (Å²) in [6, 6.07) is 17.4. The van der Waals surface area contributed by atoms with Gasteiger partial charge in [0.25, 0.3) is 17.7 Å². The third kappa shape index (κ3) is 8.50. The predicted octanol–water partition coefficient (Wildman–Crippen LogP) is 5.45. The predicted molar refractivity (Wildman–Crippen MR) is 190 cm³/mol. The lowest BCUT2D eigenvalue weighted by Gasteiger charge is -2.29. The average Bonchev–Trinajstić information content (AvgIpc) is 3.89. The second-order valence-electron chi connectivity index (χ2n) is 12.5. The first-order valence-corrected chi connectivity index (χ1v) is 18.0. The molecule has 0 aliphatic carbocycles. The number of thiazole rings is 2. The Balaban J connectivity index is 1.36. The topological polar surface area (TPSA) is 159 Å². The summed E-state index contributed by atoms with van der Waals surface area (Å²) in [7, 11) is 0. The van der Waals surface area contributed by atoms with E-state index in [1.165, 1.54) is 33.8 Å². The summed E-state index contributed by atoms with van der Waals surface area (Å²) in [5.74, 6) is -1.53. The molecule has 0 spiro atoms. The Labute approximate surface area is 297 Å². The number of aromatic nitrogens is 3. The molecule has 0 unspecified atom stereocenters. The molecule has 0 fully saturated rings. The Bertz CT molecular complexity index is 1960. The van der Waals surface area contributed by atoms with E-state index >= 15 is 0 Å². The van der Waals surface area contributed by atoms with Gasteiger partial charge in [-0.1, -0.05) is 74.5 Å². The number of benzene rings is 2. The van der Waals surface area contributed by atoms with Gasteiger partial charge in [-0.05, 0) is 31.2 Å². The highest BCUT2D eigenvalue weighted by molar-refractivity contribution is 7.13. The molecule has 3 N–H and O–H groups in total. The van der Waals surface area contributed by atoms with E-state index in [9.17, 15) is 19.2 Å². The van der Waals surface area contributed by atoms with Gasteiger partial charge in [0.1, 0.15) is 33.7 Å². The molecule has 2 aromatic carbocycles. The van der Waals surface area contributed by atoms with Gasteiger partial charge in [-0.15, -0.1) is 22.7 Å². The number of hydrogen-bond donors (Lipinski definition) is 3. The zero-order valence-corrected chi connectivity index (χ0v) is 29.4. The molecule has 0 radical (unpaired) electrons. The lowest BCUT2D eigenvalue weighted by molar-refractivity contribution is -0.122. The minimum atomic E-state index is -0.661. The largest absolute Gasteiger partial charge is 0.446 e. The second-order valence-corrected chi connectivity index (χ2v) is 14.3. The van der Waals surface area contributed by atoms with Crippen LogP contribution in [0, 0.1) is 5.92 Å². The maximum atomic E-state index is 14.2. The smallest absolute Gasteiger partial charge is 0.273 e. The molecule has 12 nitrogen and oxygen atoms in total. The first-order chi connectivity index (χ1) is 24.1. The van der Waals surface area contributed by atoms with Crippen LogP contribution in [0.15, 0.2) is 82.1 Å². The standard InChI is InChI=1S/C36H37N7O5S2/c1-21(2)14-25-16-43(36(47)29-20-49-34(42-29)24-12-8-5-9-13-24)17-30(44)39-26(15-23-10-6-4-7-11-23)35-41-28(19-50-35)32(46)37-22(3)33-40-27(18-48-33)31(45)38-25/h4-13,18-22,25-26H,14-17H2,1-3H3,(H,37,46)(H,38,45)(H,39,44)/t22-,25-,26-/m1/s1. The first-order valence-electron chi connectivity index (χ1n) is 16.3. The normalized spacial score (nSPS) is 18.9. The molecule has 258 valence electrons. The second kappa shape index (κ2) is 15.6. The Hall–Kier alpha value is -5.21. The molecule has 6 rings (SSSR count). The van der Waals surface area contributed by atoms with E-state index in [1.54, 1.807) is 17.7 Å². The minimum absolute atomic E-state index is 0.0262. The van der Waals surface area contributed by atoms with E-state index in [0.29, 0.717) is 22.9 Å². The van der Waals surface area contributed by atoms with Crippen LogP contribution in [-0.2, 0) is 11.2 Å². The summed E-state index contributed by atoms with van der Waals surface area (Å²) in [6.45, 7) is 5.45. The fraction of sp³-hybridized carbons (Fsp3) is 0.306. The highest BCUT2D eigenvalue weighted by Gasteiger charge is 2.30. The van der Waals surface area contributed by atoms with Crippen molar-refractivity contribution in [3.05, 3.63) is 111 Å². The van der Waals surface area contributed by atoms with Crippen LogP contribution >= 0.6 is 22.7 Å². The molecule has 4 heterocycles. The minimum Gasteiger partial charge on any atom is -0.446 e. The van der Waals surface area contributed by atoms with Gasteiger partial charge in [0, 0.05) is 28.9 Å². The summed E-state index contributed by atoms with van der Waals surface area (Å²) in [5.41, 5.74) is 2.22. The Morgan fingerprint density at radius 3 is 2.36 bits per heavy atom. The van der Waals surface area contributed by atoms with Crippen molar-refractivity contribution in [2.75, 3.05) is 13.1 Å². The van der Waals surface area contributed by atoms with E-state index in [0.717, 1.165) is 11.1 Å². The van der Waals surface area contributed by atoms with Crippen LogP contribution in [0.1, 0.15) is 87.2 Å². The molecule has 0 saturated carbocycles. The molecule has 4 bridgehead atoms. The third-order valence-electron chi connectivity index (χ3n) is 8.04. The van der Waals surface area contributed by atoms with Crippen LogP contribution in [0.25, 0.3) is 10.6 Å². The molecule has 1 aliphatic rings. The molecular weight excluding hydrogens is 675 g/mol. The van der Waals surface area contributed by atoms with Gasteiger partial charge in [0.05, 0.1) is 12.6 Å². The van der Waals surface area contributed by atoms with Crippen LogP contribution < -0.4 is 16.0 Å². The van der Waals surface area contributed by atoms with Gasteiger partial charge >= 0.3 is 0 Å². The average molecular weight is 712 g/mol. The SMILES string of the molecule is CC(C)C[C@@H]1CN(C(=O)c2csc(-c3ccccc3)n2)CC(=O)N[C@H](Cc2ccccc2)c2nc(cs2)C(=O)N[C@H](C)c2nc(co2)C(=O)N1. The molecule has 0 saturated heterocycles. The third-order valence-corrected chi connectivity index (χ3v) is 9.89. The Kier molecular flexibility index (Phi) is 10.8. The van der Waals surface area contributed by atoms with Crippen molar-refractivity contribution < 1.29 is 23.6 Å². The van der Waals surface area contributed by atoms with E-state index < -0.39 is 41.8 Å². The molecule has 3 atom stereocenters. The molecule has 5 aromatic rings. The number of nitrogens with one attached hydrogen (secondary N) is 3. The molecule has 1 aliphatic heterocycles. The number of carbonyl (C=O) groups is 4. The van der Waals surface area contributed by atoms with Gasteiger partial charge in [0.15, 0.2) is 5.69 Å². The van der Waals surface area contributed by atoms with Crippen molar-refractivity contribution in [3.63, 3.8) is 0 Å². The maximum absolute atomic E-state index is 14.2. The van der Waals surface area contributed by atoms with E-state index in [2.05, 4.69) is 30.9 Å². The lowest BCUT2D eigenvalue weighted by Crippen LogP contribution is -2.50. The van der Waals surface area contributed by atoms with Crippen LogP contribution in [0.4, 0.5) is 0 Å². The van der Waals surface area contributed by atoms with E-state index in [-0.39, 0.29) is 42.0 Å². The number of hydrogen-bond acceptors (Lipinski definition) is 10. The molecular formula is C36H37N7O5S2. The highest BCUT2D eigenvalue weighted by Crippen LogP contribution is 2.26. The van der Waals surface area contributed by atoms with Gasteiger partial charge < -0.3 is 25.3 Å². The maximum Gasteiger partial charge on any atom is 0.273 e. The van der Waals surface area contributed by atoms with Crippen molar-refractivity contribution in [2.45, 2.75) is 51.7 Å². The van der Waals surface area contributed by atoms with Crippen molar-refractivity contribution >= 4 is 46.3 Å². The number of nitrogens with zero attached hydrogens (tertiary/aromatic N) is 4. The highest BCUT2D eigenvalue weighted by atomic mass is 32.1. The number of rotatable bonds is 6. The van der Waals surface area contributed by atoms with Gasteiger partial charge in [-0.25, -0.2) is 15.0 Å². The summed E-state index contributed by atoms with van der Waals surface area (Å²) in [4.78, 5) is 69.7. The van der Waals surface area contributed by atoms with Crippen LogP contribution in [0.5, 0.6) is 0 Å². The fourth-order valence-electron chi connectivity index (χ4n) is 5.68. The summed E-state index contributed by atoms with van der Waals surface area (Å²) < 4.78 is 5.59. The Morgan fingerprint density at radius 2 is 1.62 bits per heavy atom. The molecule has 50 heavy (non-hydrogen) atoms. The van der Waals surface area contributed by atoms with E-state index in [1.807, 2.05) is 74.5 Å². The van der Waals surface area contributed by atoms with Gasteiger partial charge in [-0.3, -0.25) is 19.2 Å². The molecule has 14 heteroatoms. The molecule has 3 aromatic heterocycles. The first kappa shape index (κ1) is 34.6. The Morgan fingerprint density at radius 1 is 0.900 bits per heavy atom. The lowest BCUT2D eigenvalue weighted by atomic mass is 10.0. The summed E-state index contributed by atoms with van der Waals surface area (Å²) >= 11 is 2.59. The van der Waals surface area contributed by atoms with Crippen molar-refractivity contribution in [1.29, 1.82) is 0 Å². The van der Waals surface area contributed by atoms with E-state index in [4.69, 9.17) is 4.42 Å². The quantitative estimate of drug-likeness (QED) is 0.210. The zero-order chi connectivity index (χ0) is 35.2. The summed E-state index contributed by atoms with van der Waals surface area (Å²) in [5, 5.41) is 13.4. The van der Waals surface area contributed by atoms with Crippen molar-refractivity contribution in [3.8, 4) is 10.6 Å². The number of amides is 4. The van der Waals surface area contributed by atoms with Crippen LogP contribution in [0.3, 0.4) is 0 Å². The fourth-order valence-corrected chi connectivity index (χ4v) is 7.33. The van der Waals surface area contributed by atoms with Crippen LogP contribution in [-0.4, -0.2) is 62.6 Å². The molecule has 4 amide bonds. The van der Waals surface area contributed by atoms with Crippen molar-refractivity contribution in [2.24, 2.45) is 5.92 Å². The van der Waals surface area contributed by atoms with Gasteiger partial charge in [0.2, 0.25) is 11.8 Å². The monoisotopic (exact) mass is 711 g/mol. The number of carbonyl (C=O) groups excluding carboxylic acids is 4. The number of fused-ring (bicyclic) bond motifs is 4. The van der Waals surface area contributed by atoms with Crippen molar-refractivity contribution in [1.82, 2.24) is 35.8 Å². The van der Waals surface area contributed by atoms with Gasteiger partial charge in [-0.2, -0.15) is 0 Å². The zero-order valence-electron chi connectivity index (χ0n) is 27.8. The summed E-state index contributed by atoms with van der Waals surface area (Å²) in [6.07, 6.45) is 2.15. The van der Waals surface area contributed by atoms with Crippen LogP contribution in [0.2, 0.25) is 0 Å².